The molecule has 1 aromatic rings. The van der Waals surface area contributed by atoms with Crippen LogP contribution in [0.5, 0.6) is 0 Å². The van der Waals surface area contributed by atoms with Gasteiger partial charge in [0.1, 0.15) is 17.8 Å². The van der Waals surface area contributed by atoms with Gasteiger partial charge >= 0.3 is 11.9 Å². The van der Waals surface area contributed by atoms with Crippen LogP contribution >= 0.6 is 0 Å². The van der Waals surface area contributed by atoms with E-state index in [0.29, 0.717) is 0 Å². The Labute approximate surface area is 195 Å². The van der Waals surface area contributed by atoms with E-state index in [0.717, 1.165) is 17.6 Å². The first kappa shape index (κ1) is 26.5. The first-order chi connectivity index (χ1) is 15.6. The summed E-state index contributed by atoms with van der Waals surface area (Å²) in [6.45, 7) is 6.60. The topological polar surface area (TPSA) is 106 Å². The molecule has 0 bridgehead atoms. The minimum atomic E-state index is -1.39. The van der Waals surface area contributed by atoms with E-state index in [1.54, 1.807) is 31.5 Å². The summed E-state index contributed by atoms with van der Waals surface area (Å²) in [5.74, 6) is -1.27. The molecule has 7 heteroatoms. The van der Waals surface area contributed by atoms with Crippen molar-refractivity contribution in [2.24, 2.45) is 5.92 Å². The highest BCUT2D eigenvalue weighted by atomic mass is 16.6. The van der Waals surface area contributed by atoms with Gasteiger partial charge in [-0.15, -0.1) is 0 Å². The summed E-state index contributed by atoms with van der Waals surface area (Å²) >= 11 is 0. The minimum absolute atomic E-state index is 0.156. The van der Waals surface area contributed by atoms with Gasteiger partial charge in [-0.05, 0) is 62.5 Å². The molecule has 0 aliphatic carbocycles. The van der Waals surface area contributed by atoms with Crippen molar-refractivity contribution in [1.82, 2.24) is 4.98 Å². The number of carbonyl (C=O) groups is 2. The third kappa shape index (κ3) is 8.94. The van der Waals surface area contributed by atoms with Crippen molar-refractivity contribution >= 4 is 11.9 Å². The number of hydrogen-bond donors (Lipinski definition) is 2. The summed E-state index contributed by atoms with van der Waals surface area (Å²) in [6.07, 6.45) is 11.2. The van der Waals surface area contributed by atoms with Crippen LogP contribution < -0.4 is 0 Å². The molecule has 2 rings (SSSR count). The fourth-order valence-corrected chi connectivity index (χ4v) is 3.67. The molecule has 2 heterocycles. The van der Waals surface area contributed by atoms with Crippen LogP contribution in [0.3, 0.4) is 0 Å². The highest BCUT2D eigenvalue weighted by molar-refractivity contribution is 5.70. The quantitative estimate of drug-likeness (QED) is 0.396. The van der Waals surface area contributed by atoms with E-state index in [4.69, 9.17) is 9.47 Å². The summed E-state index contributed by atoms with van der Waals surface area (Å²) in [6, 6.07) is 3.89. The molecule has 1 aliphatic heterocycles. The van der Waals surface area contributed by atoms with E-state index in [1.807, 2.05) is 44.2 Å². The molecule has 0 unspecified atom stereocenters. The number of ether oxygens (including phenoxy) is 2. The number of rotatable bonds is 5. The molecule has 0 fully saturated rings. The minimum Gasteiger partial charge on any atom is -0.457 e. The van der Waals surface area contributed by atoms with Gasteiger partial charge < -0.3 is 19.7 Å². The van der Waals surface area contributed by atoms with Crippen LogP contribution in [0, 0.1) is 5.92 Å². The molecule has 0 spiro atoms. The second kappa shape index (κ2) is 12.5. The second-order valence-corrected chi connectivity index (χ2v) is 8.84. The maximum Gasteiger partial charge on any atom is 0.309 e. The molecule has 5 atom stereocenters. The second-order valence-electron chi connectivity index (χ2n) is 8.84. The van der Waals surface area contributed by atoms with Crippen molar-refractivity contribution in [3.63, 3.8) is 0 Å². The van der Waals surface area contributed by atoms with Gasteiger partial charge in [-0.2, -0.15) is 0 Å². The van der Waals surface area contributed by atoms with Crippen molar-refractivity contribution < 1.29 is 29.3 Å². The van der Waals surface area contributed by atoms with Crippen LogP contribution in [-0.4, -0.2) is 51.0 Å². The van der Waals surface area contributed by atoms with Crippen molar-refractivity contribution in [3.05, 3.63) is 66.0 Å². The lowest BCUT2D eigenvalue weighted by Gasteiger charge is -2.32. The number of allylic oxidation sites excluding steroid dienone is 3. The fourth-order valence-electron chi connectivity index (χ4n) is 3.67. The number of pyridine rings is 1. The van der Waals surface area contributed by atoms with Gasteiger partial charge in [0.05, 0.1) is 12.5 Å². The summed E-state index contributed by atoms with van der Waals surface area (Å²) in [7, 11) is 0. The molecule has 2 N–H and O–H groups in total. The SMILES string of the molecule is CC(=O)O[C@@H]1/C=C\[C@H](C)[C@@H](/C(C)=C/C=C/Cc2ccncc2)OC(=O)C[C@H](O)CC[C@@]1(C)O. The molecule has 0 saturated carbocycles. The third-order valence-corrected chi connectivity index (χ3v) is 5.66. The molecule has 7 nitrogen and oxygen atoms in total. The maximum atomic E-state index is 12.5. The number of esters is 2. The van der Waals surface area contributed by atoms with E-state index in [1.165, 1.54) is 6.92 Å². The Hall–Kier alpha value is -2.77. The number of nitrogens with zero attached hydrogens (tertiary/aromatic N) is 1. The Kier molecular flexibility index (Phi) is 10.0. The highest BCUT2D eigenvalue weighted by Crippen LogP contribution is 2.26. The van der Waals surface area contributed by atoms with E-state index >= 15 is 0 Å². The number of aliphatic hydroxyl groups excluding tert-OH is 1. The van der Waals surface area contributed by atoms with Gasteiger partial charge in [0.15, 0.2) is 0 Å². The largest absolute Gasteiger partial charge is 0.457 e. The lowest BCUT2D eigenvalue weighted by molar-refractivity contribution is -0.157. The summed E-state index contributed by atoms with van der Waals surface area (Å²) in [5.41, 5.74) is 0.578. The molecule has 0 saturated heterocycles. The fraction of sp³-hybridized carbons (Fsp3) is 0.500. The van der Waals surface area contributed by atoms with E-state index in [2.05, 4.69) is 4.98 Å². The number of carbonyl (C=O) groups excluding carboxylic acids is 2. The number of hydrogen-bond acceptors (Lipinski definition) is 7. The van der Waals surface area contributed by atoms with Gasteiger partial charge in [-0.1, -0.05) is 31.2 Å². The zero-order chi connectivity index (χ0) is 24.4. The lowest BCUT2D eigenvalue weighted by atomic mass is 9.88. The Morgan fingerprint density at radius 3 is 2.67 bits per heavy atom. The van der Waals surface area contributed by atoms with Crippen LogP contribution in [0.2, 0.25) is 0 Å². The van der Waals surface area contributed by atoms with Crippen molar-refractivity contribution in [1.29, 1.82) is 0 Å². The van der Waals surface area contributed by atoms with Gasteiger partial charge in [-0.3, -0.25) is 14.6 Å². The maximum absolute atomic E-state index is 12.5. The first-order valence-electron chi connectivity index (χ1n) is 11.3. The zero-order valence-corrected chi connectivity index (χ0v) is 19.8. The summed E-state index contributed by atoms with van der Waals surface area (Å²) in [5, 5.41) is 21.1. The molecule has 0 radical (unpaired) electrons. The Morgan fingerprint density at radius 2 is 2.00 bits per heavy atom. The van der Waals surface area contributed by atoms with Crippen LogP contribution in [-0.2, 0) is 25.5 Å². The highest BCUT2D eigenvalue weighted by Gasteiger charge is 2.34. The summed E-state index contributed by atoms with van der Waals surface area (Å²) < 4.78 is 11.1. The molecule has 0 aromatic carbocycles. The van der Waals surface area contributed by atoms with Crippen molar-refractivity contribution in [2.45, 2.75) is 77.3 Å². The first-order valence-corrected chi connectivity index (χ1v) is 11.3. The van der Waals surface area contributed by atoms with Gasteiger partial charge in [0.25, 0.3) is 0 Å². The van der Waals surface area contributed by atoms with Crippen LogP contribution in [0.1, 0.15) is 52.5 Å². The average Bonchev–Trinajstić information content (AvgIpc) is 2.76. The van der Waals surface area contributed by atoms with Crippen LogP contribution in [0.25, 0.3) is 0 Å². The van der Waals surface area contributed by atoms with Gasteiger partial charge in [0.2, 0.25) is 0 Å². The zero-order valence-electron chi connectivity index (χ0n) is 19.8. The molecule has 1 aromatic heterocycles. The normalized spacial score (nSPS) is 30.7. The predicted octanol–water partition coefficient (Wildman–Crippen LogP) is 3.46. The molecule has 180 valence electrons. The van der Waals surface area contributed by atoms with E-state index in [9.17, 15) is 19.8 Å². The molecule has 0 amide bonds. The standard InChI is InChI=1S/C26H35NO6/c1-18(7-5-6-8-21-12-15-27-16-13-21)25-19(2)9-10-23(32-20(3)28)26(4,31)14-11-22(29)17-24(30)33-25/h5-7,9-10,12-13,15-16,19,22-23,25,29,31H,8,11,14,17H2,1-4H3/b6-5+,10-9-,18-7+/t19-,22+,23+,25+,26+/m0/s1. The van der Waals surface area contributed by atoms with Crippen molar-refractivity contribution in [2.75, 3.05) is 0 Å². The van der Waals surface area contributed by atoms with Crippen molar-refractivity contribution in [3.8, 4) is 0 Å². The van der Waals surface area contributed by atoms with Crippen LogP contribution in [0.15, 0.2) is 60.5 Å². The Balaban J connectivity index is 2.25. The monoisotopic (exact) mass is 457 g/mol. The Bertz CT molecular complexity index is 874. The average molecular weight is 458 g/mol. The van der Waals surface area contributed by atoms with E-state index < -0.39 is 35.9 Å². The van der Waals surface area contributed by atoms with E-state index in [-0.39, 0.29) is 25.2 Å². The molecule has 33 heavy (non-hydrogen) atoms. The third-order valence-electron chi connectivity index (χ3n) is 5.66. The number of aromatic nitrogens is 1. The lowest BCUT2D eigenvalue weighted by Crippen LogP contribution is -2.42. The Morgan fingerprint density at radius 1 is 1.30 bits per heavy atom. The predicted molar refractivity (Wildman–Crippen MR) is 125 cm³/mol. The van der Waals surface area contributed by atoms with Crippen LogP contribution in [0.4, 0.5) is 0 Å². The summed E-state index contributed by atoms with van der Waals surface area (Å²) in [4.78, 5) is 28.1. The van der Waals surface area contributed by atoms with Gasteiger partial charge in [0, 0.05) is 25.2 Å². The van der Waals surface area contributed by atoms with Gasteiger partial charge in [-0.25, -0.2) is 0 Å². The number of cyclic esters (lactones) is 1. The molecular formula is C26H35NO6. The molecule has 1 aliphatic rings. The number of aliphatic hydroxyl groups is 2. The molecular weight excluding hydrogens is 422 g/mol. The smallest absolute Gasteiger partial charge is 0.309 e.